The Morgan fingerprint density at radius 2 is 1.69 bits per heavy atom. The molecule has 2 aromatic carbocycles. The van der Waals surface area contributed by atoms with Gasteiger partial charge in [-0.2, -0.15) is 0 Å². The van der Waals surface area contributed by atoms with Crippen molar-refractivity contribution in [3.8, 4) is 11.5 Å². The average molecular weight is 215 g/mol. The van der Waals surface area contributed by atoms with Crippen molar-refractivity contribution in [2.24, 2.45) is 0 Å². The van der Waals surface area contributed by atoms with Gasteiger partial charge in [-0.05, 0) is 19.1 Å². The van der Waals surface area contributed by atoms with Gasteiger partial charge in [-0.3, -0.25) is 0 Å². The maximum atomic E-state index is 10.3. The summed E-state index contributed by atoms with van der Waals surface area (Å²) in [5.74, 6) is 1.28. The topological polar surface area (TPSA) is 35.5 Å². The van der Waals surface area contributed by atoms with E-state index in [4.69, 9.17) is 9.47 Å². The fourth-order valence-corrected chi connectivity index (χ4v) is 1.66. The van der Waals surface area contributed by atoms with Gasteiger partial charge in [0, 0.05) is 10.8 Å². The minimum absolute atomic E-state index is 0.494. The van der Waals surface area contributed by atoms with E-state index in [-0.39, 0.29) is 0 Å². The van der Waals surface area contributed by atoms with Crippen LogP contribution in [0.2, 0.25) is 0 Å². The van der Waals surface area contributed by atoms with Crippen LogP contribution in [0.1, 0.15) is 6.92 Å². The van der Waals surface area contributed by atoms with E-state index < -0.39 is 0 Å². The van der Waals surface area contributed by atoms with Crippen LogP contribution in [0.15, 0.2) is 36.4 Å². The maximum absolute atomic E-state index is 10.3. The average Bonchev–Trinajstić information content (AvgIpc) is 2.33. The lowest BCUT2D eigenvalue weighted by atomic mass is 10.1. The number of carbonyl (C=O) groups excluding carboxylic acids is 1. The Balaban J connectivity index is 2.61. The van der Waals surface area contributed by atoms with E-state index in [1.807, 2.05) is 31.2 Å². The van der Waals surface area contributed by atoms with E-state index in [1.165, 1.54) is 6.47 Å². The highest BCUT2D eigenvalue weighted by Gasteiger charge is 2.06. The number of hydrogen-bond donors (Lipinski definition) is 0. The second kappa shape index (κ2) is 4.66. The van der Waals surface area contributed by atoms with Gasteiger partial charge in [-0.1, -0.05) is 24.3 Å². The lowest BCUT2D eigenvalue weighted by Crippen LogP contribution is -1.94. The molecule has 2 rings (SSSR count). The van der Waals surface area contributed by atoms with Gasteiger partial charge in [-0.25, -0.2) is 4.79 Å². The first-order chi connectivity index (χ1) is 7.86. The molecule has 0 fully saturated rings. The van der Waals surface area contributed by atoms with Gasteiger partial charge in [0.1, 0.15) is 11.5 Å². The highest BCUT2D eigenvalue weighted by Crippen LogP contribution is 2.32. The van der Waals surface area contributed by atoms with Crippen molar-refractivity contribution in [3.05, 3.63) is 36.4 Å². The van der Waals surface area contributed by atoms with Crippen LogP contribution in [0.5, 0.6) is 11.5 Å². The zero-order valence-electron chi connectivity index (χ0n) is 8.90. The molecule has 16 heavy (non-hydrogen) atoms. The summed E-state index contributed by atoms with van der Waals surface area (Å²) in [4.78, 5) is 10.3. The summed E-state index contributed by atoms with van der Waals surface area (Å²) in [7, 11) is 0. The molecular weight excluding hydrogens is 204 g/mol. The molecule has 0 heterocycles. The first-order valence-electron chi connectivity index (χ1n) is 5.05. The molecule has 0 amide bonds. The smallest absolute Gasteiger partial charge is 0.423 e. The highest BCUT2D eigenvalue weighted by molar-refractivity contribution is 5.93. The van der Waals surface area contributed by atoms with Gasteiger partial charge in [0.2, 0.25) is 0 Å². The third-order valence-electron chi connectivity index (χ3n) is 2.30. The van der Waals surface area contributed by atoms with Crippen molar-refractivity contribution in [1.82, 2.24) is 0 Å². The summed E-state index contributed by atoms with van der Waals surface area (Å²) < 4.78 is 10.3. The fraction of sp³-hybridized carbons (Fsp3) is 0.154. The first kappa shape index (κ1) is 10.5. The molecule has 2 aromatic rings. The predicted molar refractivity (Wildman–Crippen MR) is 61.4 cm³/mol. The molecule has 0 aliphatic heterocycles. The Bertz CT molecular complexity index is 506. The lowest BCUT2D eigenvalue weighted by Gasteiger charge is -2.09. The van der Waals surface area contributed by atoms with Crippen molar-refractivity contribution in [2.75, 3.05) is 6.61 Å². The Morgan fingerprint density at radius 3 is 2.31 bits per heavy atom. The first-order valence-corrected chi connectivity index (χ1v) is 5.05. The molecular formula is C13H11O3. The molecule has 0 unspecified atom stereocenters. The van der Waals surface area contributed by atoms with Crippen molar-refractivity contribution in [1.29, 1.82) is 0 Å². The number of hydrogen-bond acceptors (Lipinski definition) is 3. The van der Waals surface area contributed by atoms with Gasteiger partial charge in [0.15, 0.2) is 0 Å². The van der Waals surface area contributed by atoms with Gasteiger partial charge in [-0.15, -0.1) is 0 Å². The summed E-state index contributed by atoms with van der Waals surface area (Å²) in [6.45, 7) is 3.97. The van der Waals surface area contributed by atoms with Crippen LogP contribution in [-0.2, 0) is 4.79 Å². The van der Waals surface area contributed by atoms with Gasteiger partial charge < -0.3 is 9.47 Å². The minimum Gasteiger partial charge on any atom is -0.493 e. The van der Waals surface area contributed by atoms with E-state index in [2.05, 4.69) is 0 Å². The zero-order chi connectivity index (χ0) is 11.4. The Labute approximate surface area is 93.6 Å². The maximum Gasteiger partial charge on any atom is 0.423 e. The van der Waals surface area contributed by atoms with E-state index >= 15 is 0 Å². The SMILES string of the molecule is CCOc1ccc(O[C]=O)c2ccccc12. The van der Waals surface area contributed by atoms with Crippen molar-refractivity contribution >= 4 is 17.2 Å². The summed E-state index contributed by atoms with van der Waals surface area (Å²) >= 11 is 0. The van der Waals surface area contributed by atoms with Crippen LogP contribution < -0.4 is 9.47 Å². The molecule has 0 N–H and O–H groups in total. The van der Waals surface area contributed by atoms with Gasteiger partial charge in [0.25, 0.3) is 0 Å². The zero-order valence-corrected chi connectivity index (χ0v) is 8.90. The van der Waals surface area contributed by atoms with Gasteiger partial charge in [0.05, 0.1) is 6.61 Å². The standard InChI is InChI=1S/C13H11O3/c1-2-15-12-7-8-13(16-9-14)11-6-4-3-5-10(11)12/h3-8H,2H2,1H3. The van der Waals surface area contributed by atoms with E-state index in [0.29, 0.717) is 12.4 Å². The summed E-state index contributed by atoms with van der Waals surface area (Å²) in [6.07, 6.45) is 0. The Kier molecular flexibility index (Phi) is 3.05. The van der Waals surface area contributed by atoms with Crippen LogP contribution in [0.4, 0.5) is 0 Å². The Hall–Kier alpha value is -2.03. The van der Waals surface area contributed by atoms with Crippen molar-refractivity contribution < 1.29 is 14.3 Å². The quantitative estimate of drug-likeness (QED) is 0.786. The second-order valence-electron chi connectivity index (χ2n) is 3.23. The monoisotopic (exact) mass is 215 g/mol. The lowest BCUT2D eigenvalue weighted by molar-refractivity contribution is 0.344. The molecule has 0 aliphatic rings. The molecule has 1 radical (unpaired) electrons. The van der Waals surface area contributed by atoms with Crippen LogP contribution in [-0.4, -0.2) is 13.1 Å². The third kappa shape index (κ3) is 1.84. The molecule has 3 nitrogen and oxygen atoms in total. The molecule has 0 aliphatic carbocycles. The van der Waals surface area contributed by atoms with E-state index in [9.17, 15) is 4.79 Å². The summed E-state index contributed by atoms with van der Waals surface area (Å²) in [6, 6.07) is 11.1. The fourth-order valence-electron chi connectivity index (χ4n) is 1.66. The molecule has 0 atom stereocenters. The molecule has 0 saturated heterocycles. The Morgan fingerprint density at radius 1 is 1.06 bits per heavy atom. The summed E-state index contributed by atoms with van der Waals surface area (Å²) in [5.41, 5.74) is 0. The number of rotatable bonds is 4. The van der Waals surface area contributed by atoms with Crippen LogP contribution in [0, 0.1) is 0 Å². The van der Waals surface area contributed by atoms with E-state index in [0.717, 1.165) is 16.5 Å². The van der Waals surface area contributed by atoms with Crippen LogP contribution in [0.3, 0.4) is 0 Å². The molecule has 81 valence electrons. The summed E-state index contributed by atoms with van der Waals surface area (Å²) in [5, 5.41) is 1.77. The largest absolute Gasteiger partial charge is 0.493 e. The highest BCUT2D eigenvalue weighted by atomic mass is 16.5. The van der Waals surface area contributed by atoms with Crippen LogP contribution in [0.25, 0.3) is 10.8 Å². The van der Waals surface area contributed by atoms with Crippen molar-refractivity contribution in [2.45, 2.75) is 6.92 Å². The predicted octanol–water partition coefficient (Wildman–Crippen LogP) is 2.68. The van der Waals surface area contributed by atoms with Crippen molar-refractivity contribution in [3.63, 3.8) is 0 Å². The van der Waals surface area contributed by atoms with Crippen LogP contribution >= 0.6 is 0 Å². The third-order valence-corrected chi connectivity index (χ3v) is 2.30. The number of fused-ring (bicyclic) bond motifs is 1. The molecule has 3 heteroatoms. The normalized spacial score (nSPS) is 10.1. The number of benzene rings is 2. The molecule has 0 spiro atoms. The van der Waals surface area contributed by atoms with E-state index in [1.54, 1.807) is 12.1 Å². The molecule has 0 saturated carbocycles. The number of ether oxygens (including phenoxy) is 2. The van der Waals surface area contributed by atoms with Gasteiger partial charge >= 0.3 is 6.47 Å². The second-order valence-corrected chi connectivity index (χ2v) is 3.23. The molecule has 0 bridgehead atoms. The minimum atomic E-state index is 0.494. The molecule has 0 aromatic heterocycles.